The monoisotopic (exact) mass is 288 g/mol. The number of allylic oxidation sites excluding steroid dienone is 6. The second-order valence-corrected chi connectivity index (χ2v) is 6.82. The zero-order chi connectivity index (χ0) is 15.8. The van der Waals surface area contributed by atoms with Gasteiger partial charge in [0.2, 0.25) is 0 Å². The normalized spacial score (nSPS) is 33.4. The fraction of sp³-hybridized carbons (Fsp3) is 0.600. The van der Waals surface area contributed by atoms with E-state index in [-0.39, 0.29) is 6.10 Å². The highest BCUT2D eigenvalue weighted by Gasteiger charge is 2.11. The summed E-state index contributed by atoms with van der Waals surface area (Å²) in [5.41, 5.74) is 3.89. The fourth-order valence-electron chi connectivity index (χ4n) is 2.72. The van der Waals surface area contributed by atoms with E-state index in [1.165, 1.54) is 16.7 Å². The molecule has 0 bridgehead atoms. The molecule has 1 nitrogen and oxygen atoms in total. The van der Waals surface area contributed by atoms with Gasteiger partial charge in [0, 0.05) is 0 Å². The SMILES string of the molecule is C/C1=C/C/C=C(\C)C=C[C@H](C(C)C)CC/C(C)=C/[C@H](O)C1. The lowest BCUT2D eigenvalue weighted by molar-refractivity contribution is 0.222. The van der Waals surface area contributed by atoms with Crippen LogP contribution in [0.15, 0.2) is 47.1 Å². The Morgan fingerprint density at radius 3 is 2.48 bits per heavy atom. The minimum Gasteiger partial charge on any atom is -0.389 e. The van der Waals surface area contributed by atoms with Crippen LogP contribution in [0.2, 0.25) is 0 Å². The van der Waals surface area contributed by atoms with Gasteiger partial charge in [0.15, 0.2) is 0 Å². The Morgan fingerprint density at radius 2 is 1.81 bits per heavy atom. The van der Waals surface area contributed by atoms with Gasteiger partial charge in [-0.1, -0.05) is 60.9 Å². The molecule has 118 valence electrons. The molecule has 0 aromatic carbocycles. The lowest BCUT2D eigenvalue weighted by Crippen LogP contribution is -2.07. The first-order valence-electron chi connectivity index (χ1n) is 8.24. The van der Waals surface area contributed by atoms with Crippen LogP contribution in [0.5, 0.6) is 0 Å². The maximum atomic E-state index is 10.1. The summed E-state index contributed by atoms with van der Waals surface area (Å²) in [6.45, 7) is 11.0. The zero-order valence-electron chi connectivity index (χ0n) is 14.4. The lowest BCUT2D eigenvalue weighted by atomic mass is 9.88. The molecule has 0 fully saturated rings. The molecule has 0 saturated heterocycles. The summed E-state index contributed by atoms with van der Waals surface area (Å²) in [5, 5.41) is 10.1. The maximum Gasteiger partial charge on any atom is 0.0760 e. The van der Waals surface area contributed by atoms with Crippen molar-refractivity contribution in [1.82, 2.24) is 0 Å². The van der Waals surface area contributed by atoms with Crippen LogP contribution in [0.1, 0.15) is 60.3 Å². The summed E-state index contributed by atoms with van der Waals surface area (Å²) in [4.78, 5) is 0. The molecule has 0 unspecified atom stereocenters. The maximum absolute atomic E-state index is 10.1. The predicted octanol–water partition coefficient (Wildman–Crippen LogP) is 5.59. The van der Waals surface area contributed by atoms with E-state index in [1.54, 1.807) is 0 Å². The molecule has 0 saturated carbocycles. The minimum atomic E-state index is -0.345. The van der Waals surface area contributed by atoms with Gasteiger partial charge < -0.3 is 5.11 Å². The predicted molar refractivity (Wildman–Crippen MR) is 93.2 cm³/mol. The smallest absolute Gasteiger partial charge is 0.0760 e. The molecule has 0 amide bonds. The van der Waals surface area contributed by atoms with E-state index in [0.29, 0.717) is 11.8 Å². The van der Waals surface area contributed by atoms with Crippen LogP contribution < -0.4 is 0 Å². The van der Waals surface area contributed by atoms with Gasteiger partial charge in [0.05, 0.1) is 6.10 Å². The largest absolute Gasteiger partial charge is 0.389 e. The Balaban J connectivity index is 2.94. The van der Waals surface area contributed by atoms with Crippen LogP contribution in [0.3, 0.4) is 0 Å². The first-order chi connectivity index (χ1) is 9.88. The van der Waals surface area contributed by atoms with Crippen LogP contribution in [0.4, 0.5) is 0 Å². The van der Waals surface area contributed by atoms with Gasteiger partial charge in [-0.05, 0) is 58.3 Å². The minimum absolute atomic E-state index is 0.345. The second-order valence-electron chi connectivity index (χ2n) is 6.82. The highest BCUT2D eigenvalue weighted by molar-refractivity contribution is 5.19. The third-order valence-corrected chi connectivity index (χ3v) is 4.25. The first-order valence-corrected chi connectivity index (χ1v) is 8.24. The Morgan fingerprint density at radius 1 is 1.10 bits per heavy atom. The van der Waals surface area contributed by atoms with Crippen molar-refractivity contribution in [2.45, 2.75) is 66.4 Å². The van der Waals surface area contributed by atoms with Crippen LogP contribution in [-0.4, -0.2) is 11.2 Å². The van der Waals surface area contributed by atoms with Gasteiger partial charge in [-0.3, -0.25) is 0 Å². The van der Waals surface area contributed by atoms with Crippen molar-refractivity contribution in [2.75, 3.05) is 0 Å². The Kier molecular flexibility index (Phi) is 7.74. The summed E-state index contributed by atoms with van der Waals surface area (Å²) in [6.07, 6.45) is 14.7. The van der Waals surface area contributed by atoms with Gasteiger partial charge in [-0.15, -0.1) is 0 Å². The van der Waals surface area contributed by atoms with Gasteiger partial charge in [-0.25, -0.2) is 0 Å². The lowest BCUT2D eigenvalue weighted by Gasteiger charge is -2.18. The molecule has 1 aliphatic rings. The van der Waals surface area contributed by atoms with Crippen molar-refractivity contribution in [3.63, 3.8) is 0 Å². The van der Waals surface area contributed by atoms with E-state index >= 15 is 0 Å². The zero-order valence-corrected chi connectivity index (χ0v) is 14.4. The van der Waals surface area contributed by atoms with Crippen molar-refractivity contribution in [3.05, 3.63) is 47.1 Å². The molecule has 0 aliphatic heterocycles. The Bertz CT molecular complexity index is 435. The average Bonchev–Trinajstić information content (AvgIpc) is 2.36. The number of rotatable bonds is 1. The summed E-state index contributed by atoms with van der Waals surface area (Å²) < 4.78 is 0. The van der Waals surface area contributed by atoms with E-state index in [4.69, 9.17) is 0 Å². The van der Waals surface area contributed by atoms with Crippen molar-refractivity contribution in [2.24, 2.45) is 11.8 Å². The van der Waals surface area contributed by atoms with Crippen molar-refractivity contribution >= 4 is 0 Å². The first kappa shape index (κ1) is 18.0. The van der Waals surface area contributed by atoms with Crippen LogP contribution in [0, 0.1) is 11.8 Å². The second kappa shape index (κ2) is 9.04. The number of hydrogen-bond donors (Lipinski definition) is 1. The number of aliphatic hydroxyl groups is 1. The summed E-state index contributed by atoms with van der Waals surface area (Å²) in [6, 6.07) is 0. The fourth-order valence-corrected chi connectivity index (χ4v) is 2.72. The molecule has 1 N–H and O–H groups in total. The van der Waals surface area contributed by atoms with E-state index in [9.17, 15) is 5.11 Å². The third-order valence-electron chi connectivity index (χ3n) is 4.25. The third kappa shape index (κ3) is 7.47. The van der Waals surface area contributed by atoms with Crippen LogP contribution in [0.25, 0.3) is 0 Å². The van der Waals surface area contributed by atoms with Crippen LogP contribution in [-0.2, 0) is 0 Å². The molecule has 0 radical (unpaired) electrons. The molecule has 0 aromatic rings. The van der Waals surface area contributed by atoms with E-state index < -0.39 is 0 Å². The molecule has 1 aliphatic carbocycles. The van der Waals surface area contributed by atoms with Gasteiger partial charge >= 0.3 is 0 Å². The average molecular weight is 288 g/mol. The summed E-state index contributed by atoms with van der Waals surface area (Å²) in [7, 11) is 0. The summed E-state index contributed by atoms with van der Waals surface area (Å²) in [5.74, 6) is 1.26. The van der Waals surface area contributed by atoms with Crippen molar-refractivity contribution in [3.8, 4) is 0 Å². The molecule has 2 atom stereocenters. The molecule has 0 aromatic heterocycles. The summed E-state index contributed by atoms with van der Waals surface area (Å²) >= 11 is 0. The highest BCUT2D eigenvalue weighted by Crippen LogP contribution is 2.23. The quantitative estimate of drug-likeness (QED) is 0.624. The molecule has 21 heavy (non-hydrogen) atoms. The van der Waals surface area contributed by atoms with Crippen molar-refractivity contribution < 1.29 is 5.11 Å². The van der Waals surface area contributed by atoms with Crippen LogP contribution >= 0.6 is 0 Å². The van der Waals surface area contributed by atoms with E-state index in [1.807, 2.05) is 6.08 Å². The topological polar surface area (TPSA) is 20.2 Å². The highest BCUT2D eigenvalue weighted by atomic mass is 16.3. The van der Waals surface area contributed by atoms with Gasteiger partial charge in [-0.2, -0.15) is 0 Å². The number of hydrogen-bond acceptors (Lipinski definition) is 1. The molecule has 1 heteroatoms. The Labute approximate surface area is 131 Å². The van der Waals surface area contributed by atoms with Gasteiger partial charge in [0.1, 0.15) is 0 Å². The molecular formula is C20H32O. The molecule has 1 rings (SSSR count). The van der Waals surface area contributed by atoms with E-state index in [2.05, 4.69) is 58.9 Å². The standard InChI is InChI=1S/C20H32O/c1-15(2)19-11-9-16(3)7-6-8-17(4)13-20(21)14-18(5)10-12-19/h7-9,11,14-15,19-21H,6,10,12-13H2,1-5H3/b11-9?,16-7+,17-8-,18-14+/t19-,20+/m0/s1. The van der Waals surface area contributed by atoms with Crippen molar-refractivity contribution in [1.29, 1.82) is 0 Å². The Hall–Kier alpha value is -1.08. The van der Waals surface area contributed by atoms with E-state index in [0.717, 1.165) is 25.7 Å². The molecule has 0 heterocycles. The van der Waals surface area contributed by atoms with Gasteiger partial charge in [0.25, 0.3) is 0 Å². The molecular weight excluding hydrogens is 256 g/mol. The number of aliphatic hydroxyl groups excluding tert-OH is 1. The molecule has 0 spiro atoms.